The number of amides is 1. The molecule has 0 bridgehead atoms. The van der Waals surface area contributed by atoms with Gasteiger partial charge in [-0.05, 0) is 25.0 Å². The lowest BCUT2D eigenvalue weighted by atomic mass is 10.2. The Morgan fingerprint density at radius 3 is 2.48 bits per heavy atom. The fourth-order valence-corrected chi connectivity index (χ4v) is 2.64. The third-order valence-electron chi connectivity index (χ3n) is 3.80. The van der Waals surface area contributed by atoms with Crippen molar-refractivity contribution in [1.82, 2.24) is 14.9 Å². The van der Waals surface area contributed by atoms with Crippen molar-refractivity contribution in [2.45, 2.75) is 26.7 Å². The fourth-order valence-electron chi connectivity index (χ4n) is 2.64. The summed E-state index contributed by atoms with van der Waals surface area (Å²) in [6.45, 7) is 5.83. The van der Waals surface area contributed by atoms with Crippen molar-refractivity contribution in [1.29, 1.82) is 0 Å². The SMILES string of the molecule is CCCN(CCC)C(=O)c1cnc(Nc2ccc3c(c2)OCO3)nc1. The van der Waals surface area contributed by atoms with E-state index in [1.54, 1.807) is 12.4 Å². The first-order chi connectivity index (χ1) is 12.2. The van der Waals surface area contributed by atoms with Crippen LogP contribution in [0.2, 0.25) is 0 Å². The van der Waals surface area contributed by atoms with Crippen molar-refractivity contribution < 1.29 is 14.3 Å². The second-order valence-electron chi connectivity index (χ2n) is 5.78. The fraction of sp³-hybridized carbons (Fsp3) is 0.389. The van der Waals surface area contributed by atoms with Crippen LogP contribution in [-0.2, 0) is 0 Å². The number of hydrogen-bond acceptors (Lipinski definition) is 6. The van der Waals surface area contributed by atoms with Gasteiger partial charge >= 0.3 is 0 Å². The number of rotatable bonds is 7. The molecule has 0 saturated carbocycles. The average molecular weight is 342 g/mol. The molecule has 2 aromatic rings. The van der Waals surface area contributed by atoms with Crippen molar-refractivity contribution >= 4 is 17.5 Å². The quantitative estimate of drug-likeness (QED) is 0.832. The molecule has 1 aromatic carbocycles. The molecule has 0 radical (unpaired) electrons. The topological polar surface area (TPSA) is 76.6 Å². The molecule has 0 spiro atoms. The molecule has 0 fully saturated rings. The summed E-state index contributed by atoms with van der Waals surface area (Å²) < 4.78 is 10.6. The summed E-state index contributed by atoms with van der Waals surface area (Å²) in [4.78, 5) is 22.9. The predicted molar refractivity (Wildman–Crippen MR) is 94.4 cm³/mol. The van der Waals surface area contributed by atoms with Gasteiger partial charge in [0.05, 0.1) is 5.56 Å². The van der Waals surface area contributed by atoms with E-state index in [9.17, 15) is 4.79 Å². The van der Waals surface area contributed by atoms with Gasteiger partial charge in [-0.1, -0.05) is 13.8 Å². The van der Waals surface area contributed by atoms with Crippen LogP contribution in [0.15, 0.2) is 30.6 Å². The van der Waals surface area contributed by atoms with E-state index in [0.29, 0.717) is 17.3 Å². The zero-order chi connectivity index (χ0) is 17.6. The molecule has 1 amide bonds. The minimum Gasteiger partial charge on any atom is -0.454 e. The van der Waals surface area contributed by atoms with Gasteiger partial charge in [0.1, 0.15) is 0 Å². The van der Waals surface area contributed by atoms with Crippen LogP contribution >= 0.6 is 0 Å². The molecular weight excluding hydrogens is 320 g/mol. The zero-order valence-electron chi connectivity index (χ0n) is 14.5. The van der Waals surface area contributed by atoms with Crippen molar-refractivity contribution in [3.05, 3.63) is 36.2 Å². The van der Waals surface area contributed by atoms with Crippen LogP contribution in [0, 0.1) is 0 Å². The van der Waals surface area contributed by atoms with E-state index in [-0.39, 0.29) is 12.7 Å². The number of carbonyl (C=O) groups is 1. The van der Waals surface area contributed by atoms with Gasteiger partial charge < -0.3 is 19.7 Å². The summed E-state index contributed by atoms with van der Waals surface area (Å²) in [6.07, 6.45) is 4.97. The predicted octanol–water partition coefficient (Wildman–Crippen LogP) is 3.21. The molecule has 1 aromatic heterocycles. The molecule has 132 valence electrons. The van der Waals surface area contributed by atoms with E-state index in [2.05, 4.69) is 29.1 Å². The highest BCUT2D eigenvalue weighted by Crippen LogP contribution is 2.34. The van der Waals surface area contributed by atoms with Crippen LogP contribution in [0.3, 0.4) is 0 Å². The number of nitrogens with zero attached hydrogens (tertiary/aromatic N) is 3. The molecule has 0 saturated heterocycles. The normalized spacial score (nSPS) is 12.1. The molecule has 3 rings (SSSR count). The Morgan fingerprint density at radius 2 is 1.80 bits per heavy atom. The maximum absolute atomic E-state index is 12.5. The largest absolute Gasteiger partial charge is 0.454 e. The van der Waals surface area contributed by atoms with E-state index >= 15 is 0 Å². The van der Waals surface area contributed by atoms with Gasteiger partial charge in [-0.15, -0.1) is 0 Å². The monoisotopic (exact) mass is 342 g/mol. The first-order valence-electron chi connectivity index (χ1n) is 8.49. The van der Waals surface area contributed by atoms with Crippen molar-refractivity contribution in [2.24, 2.45) is 0 Å². The Kier molecular flexibility index (Phi) is 5.33. The van der Waals surface area contributed by atoms with Gasteiger partial charge in [-0.2, -0.15) is 0 Å². The first kappa shape index (κ1) is 17.0. The number of carbonyl (C=O) groups excluding carboxylic acids is 1. The van der Waals surface area contributed by atoms with Crippen LogP contribution in [0.5, 0.6) is 11.5 Å². The second-order valence-corrected chi connectivity index (χ2v) is 5.78. The number of fused-ring (bicyclic) bond motifs is 1. The van der Waals surface area contributed by atoms with Crippen molar-refractivity contribution in [3.63, 3.8) is 0 Å². The van der Waals surface area contributed by atoms with Gasteiger partial charge in [0.25, 0.3) is 5.91 Å². The van der Waals surface area contributed by atoms with Crippen LogP contribution < -0.4 is 14.8 Å². The highest BCUT2D eigenvalue weighted by Gasteiger charge is 2.16. The van der Waals surface area contributed by atoms with Crippen molar-refractivity contribution in [3.8, 4) is 11.5 Å². The van der Waals surface area contributed by atoms with Gasteiger partial charge in [-0.3, -0.25) is 4.79 Å². The summed E-state index contributed by atoms with van der Waals surface area (Å²) in [7, 11) is 0. The zero-order valence-corrected chi connectivity index (χ0v) is 14.5. The minimum atomic E-state index is -0.0293. The Labute approximate surface area is 147 Å². The Morgan fingerprint density at radius 1 is 1.12 bits per heavy atom. The lowest BCUT2D eigenvalue weighted by molar-refractivity contribution is 0.0754. The van der Waals surface area contributed by atoms with Gasteiger partial charge in [-0.25, -0.2) is 9.97 Å². The van der Waals surface area contributed by atoms with E-state index in [4.69, 9.17) is 9.47 Å². The Hall–Kier alpha value is -2.83. The summed E-state index contributed by atoms with van der Waals surface area (Å²) in [5.74, 6) is 1.80. The standard InChI is InChI=1S/C18H22N4O3/c1-3-7-22(8-4-2)17(23)13-10-19-18(20-11-13)21-14-5-6-15-16(9-14)25-12-24-15/h5-6,9-11H,3-4,7-8,12H2,1-2H3,(H,19,20,21). The number of nitrogens with one attached hydrogen (secondary N) is 1. The lowest BCUT2D eigenvalue weighted by Gasteiger charge is -2.21. The van der Waals surface area contributed by atoms with E-state index in [1.807, 2.05) is 23.1 Å². The maximum atomic E-state index is 12.5. The van der Waals surface area contributed by atoms with Gasteiger partial charge in [0, 0.05) is 37.2 Å². The maximum Gasteiger partial charge on any atom is 0.256 e. The highest BCUT2D eigenvalue weighted by molar-refractivity contribution is 5.93. The number of benzene rings is 1. The molecule has 0 atom stereocenters. The summed E-state index contributed by atoms with van der Waals surface area (Å²) in [5.41, 5.74) is 1.29. The molecule has 1 aliphatic heterocycles. The van der Waals surface area contributed by atoms with Crippen molar-refractivity contribution in [2.75, 3.05) is 25.2 Å². The molecule has 25 heavy (non-hydrogen) atoms. The third-order valence-corrected chi connectivity index (χ3v) is 3.80. The molecule has 7 nitrogen and oxygen atoms in total. The van der Waals surface area contributed by atoms with Gasteiger partial charge in [0.2, 0.25) is 12.7 Å². The molecule has 0 aliphatic carbocycles. The Balaban J connectivity index is 1.68. The third kappa shape index (κ3) is 3.99. The molecule has 2 heterocycles. The van der Waals surface area contributed by atoms with Gasteiger partial charge in [0.15, 0.2) is 11.5 Å². The van der Waals surface area contributed by atoms with Crippen LogP contribution in [0.4, 0.5) is 11.6 Å². The van der Waals surface area contributed by atoms with E-state index in [1.165, 1.54) is 0 Å². The minimum absolute atomic E-state index is 0.0293. The smallest absolute Gasteiger partial charge is 0.256 e. The summed E-state index contributed by atoms with van der Waals surface area (Å²) in [6, 6.07) is 5.52. The molecule has 0 unspecified atom stereocenters. The number of hydrogen-bond donors (Lipinski definition) is 1. The lowest BCUT2D eigenvalue weighted by Crippen LogP contribution is -2.32. The highest BCUT2D eigenvalue weighted by atomic mass is 16.7. The number of anilines is 2. The second kappa shape index (κ2) is 7.83. The first-order valence-corrected chi connectivity index (χ1v) is 8.49. The summed E-state index contributed by atoms with van der Waals surface area (Å²) >= 11 is 0. The van der Waals surface area contributed by atoms with E-state index in [0.717, 1.165) is 37.4 Å². The van der Waals surface area contributed by atoms with Crippen LogP contribution in [0.25, 0.3) is 0 Å². The van der Waals surface area contributed by atoms with Crippen LogP contribution in [-0.4, -0.2) is 40.7 Å². The molecular formula is C18H22N4O3. The van der Waals surface area contributed by atoms with E-state index < -0.39 is 0 Å². The Bertz CT molecular complexity index is 728. The number of ether oxygens (including phenoxy) is 2. The molecule has 1 N–H and O–H groups in total. The summed E-state index contributed by atoms with van der Waals surface area (Å²) in [5, 5.41) is 3.10. The average Bonchev–Trinajstić information content (AvgIpc) is 3.09. The number of aromatic nitrogens is 2. The molecule has 7 heteroatoms. The molecule has 1 aliphatic rings. The van der Waals surface area contributed by atoms with Crippen LogP contribution in [0.1, 0.15) is 37.0 Å².